The number of pyridine rings is 3. The summed E-state index contributed by atoms with van der Waals surface area (Å²) in [5.41, 5.74) is -1.70. The van der Waals surface area contributed by atoms with Crippen LogP contribution in [-0.4, -0.2) is 50.8 Å². The van der Waals surface area contributed by atoms with Crippen molar-refractivity contribution in [2.45, 2.75) is 30.5 Å². The number of hydrogen-bond donors (Lipinski definition) is 0. The average Bonchev–Trinajstić information content (AvgIpc) is 3.29. The topological polar surface area (TPSA) is 99.7 Å². The van der Waals surface area contributed by atoms with Crippen LogP contribution in [0.4, 0.5) is 22.0 Å². The molecule has 0 bridgehead atoms. The molecule has 0 saturated carbocycles. The van der Waals surface area contributed by atoms with Gasteiger partial charge < -0.3 is 0 Å². The molecule has 4 heterocycles. The van der Waals surface area contributed by atoms with Gasteiger partial charge in [-0.25, -0.2) is 26.3 Å². The molecule has 0 radical (unpaired) electrons. The van der Waals surface area contributed by atoms with Crippen LogP contribution in [0.3, 0.4) is 0 Å². The van der Waals surface area contributed by atoms with E-state index >= 15 is 0 Å². The highest BCUT2D eigenvalue weighted by molar-refractivity contribution is 7.91. The molecule has 0 aromatic carbocycles. The second-order valence-electron chi connectivity index (χ2n) is 7.51. The molecule has 4 aromatic rings. The number of nitrogens with zero attached hydrogens (tertiary/aromatic N) is 5. The molecule has 0 amide bonds. The Morgan fingerprint density at radius 3 is 2.42 bits per heavy atom. The standard InChI is InChI=1S/C21H15ClF5N5O3S/c1-2-36(34,35)15-8-12(31-6-5-16(22)30-31)9-29-18(15)13-7-11-3-4-17(33)32(14(11)10-28-13)20(25)21(26,27)19(23)24/h3-10,19-20H,2H2,1H3. The van der Waals surface area contributed by atoms with Crippen molar-refractivity contribution in [3.63, 3.8) is 0 Å². The molecule has 0 aliphatic rings. The second kappa shape index (κ2) is 9.24. The van der Waals surface area contributed by atoms with Crippen LogP contribution in [0.25, 0.3) is 28.0 Å². The molecular weight excluding hydrogens is 533 g/mol. The molecule has 0 saturated heterocycles. The SMILES string of the molecule is CCS(=O)(=O)c1cc(-n2ccc(Cl)n2)cnc1-c1cc2ccc(=O)n(C(F)C(F)(F)C(F)F)c2cn1. The number of rotatable bonds is 7. The monoisotopic (exact) mass is 547 g/mol. The van der Waals surface area contributed by atoms with Gasteiger partial charge in [0, 0.05) is 17.6 Å². The molecular formula is C21H15ClF5N5O3S. The van der Waals surface area contributed by atoms with Crippen LogP contribution in [0.1, 0.15) is 13.2 Å². The zero-order chi connectivity index (χ0) is 26.4. The molecule has 0 spiro atoms. The van der Waals surface area contributed by atoms with Gasteiger partial charge in [-0.1, -0.05) is 18.5 Å². The summed E-state index contributed by atoms with van der Waals surface area (Å²) in [6.45, 7) is 1.41. The minimum Gasteiger partial charge on any atom is -0.270 e. The Bertz CT molecular complexity index is 1620. The van der Waals surface area contributed by atoms with Gasteiger partial charge in [0.1, 0.15) is 5.69 Å². The van der Waals surface area contributed by atoms with Gasteiger partial charge >= 0.3 is 12.3 Å². The highest BCUT2D eigenvalue weighted by atomic mass is 35.5. The summed E-state index contributed by atoms with van der Waals surface area (Å²) in [5, 5.41) is 4.10. The Morgan fingerprint density at radius 2 is 1.81 bits per heavy atom. The van der Waals surface area contributed by atoms with Gasteiger partial charge in [0.25, 0.3) is 5.56 Å². The number of alkyl halides is 5. The van der Waals surface area contributed by atoms with Crippen molar-refractivity contribution in [1.29, 1.82) is 0 Å². The first-order valence-corrected chi connectivity index (χ1v) is 12.2. The highest BCUT2D eigenvalue weighted by Crippen LogP contribution is 2.37. The third kappa shape index (κ3) is 4.46. The number of halogens is 6. The summed E-state index contributed by atoms with van der Waals surface area (Å²) < 4.78 is 94.1. The summed E-state index contributed by atoms with van der Waals surface area (Å²) in [7, 11) is -3.89. The van der Waals surface area contributed by atoms with Crippen LogP contribution in [0.2, 0.25) is 5.15 Å². The van der Waals surface area contributed by atoms with E-state index in [1.165, 1.54) is 42.2 Å². The van der Waals surface area contributed by atoms with Gasteiger partial charge in [-0.3, -0.25) is 19.3 Å². The van der Waals surface area contributed by atoms with E-state index in [0.29, 0.717) is 0 Å². The molecule has 1 atom stereocenters. The first-order chi connectivity index (χ1) is 16.9. The molecule has 0 aliphatic carbocycles. The van der Waals surface area contributed by atoms with Gasteiger partial charge in [-0.15, -0.1) is 0 Å². The van der Waals surface area contributed by atoms with E-state index in [4.69, 9.17) is 11.6 Å². The molecule has 36 heavy (non-hydrogen) atoms. The van der Waals surface area contributed by atoms with Crippen LogP contribution < -0.4 is 5.56 Å². The van der Waals surface area contributed by atoms with Crippen molar-refractivity contribution in [1.82, 2.24) is 24.3 Å². The fourth-order valence-corrected chi connectivity index (χ4v) is 4.59. The number of aromatic nitrogens is 5. The van der Waals surface area contributed by atoms with E-state index in [-0.39, 0.29) is 42.8 Å². The Morgan fingerprint density at radius 1 is 1.08 bits per heavy atom. The van der Waals surface area contributed by atoms with Crippen LogP contribution in [0.5, 0.6) is 0 Å². The normalized spacial score (nSPS) is 13.4. The first-order valence-electron chi connectivity index (χ1n) is 10.1. The minimum absolute atomic E-state index is 0.0445. The zero-order valence-corrected chi connectivity index (χ0v) is 19.7. The smallest absolute Gasteiger partial charge is 0.270 e. The Labute approximate surface area is 204 Å². The third-order valence-electron chi connectivity index (χ3n) is 5.27. The molecule has 15 heteroatoms. The van der Waals surface area contributed by atoms with Crippen LogP contribution >= 0.6 is 11.6 Å². The molecule has 0 N–H and O–H groups in total. The Balaban J connectivity index is 1.90. The maximum atomic E-state index is 14.4. The van der Waals surface area contributed by atoms with E-state index in [2.05, 4.69) is 15.1 Å². The molecule has 4 aromatic heterocycles. The summed E-state index contributed by atoms with van der Waals surface area (Å²) in [5.74, 6) is -5.45. The molecule has 4 rings (SSSR count). The fourth-order valence-electron chi connectivity index (χ4n) is 3.39. The maximum Gasteiger partial charge on any atom is 0.356 e. The molecule has 0 fully saturated rings. The molecule has 8 nitrogen and oxygen atoms in total. The number of hydrogen-bond acceptors (Lipinski definition) is 6. The lowest BCUT2D eigenvalue weighted by Crippen LogP contribution is -2.39. The van der Waals surface area contributed by atoms with Crippen molar-refractivity contribution in [3.8, 4) is 17.1 Å². The lowest BCUT2D eigenvalue weighted by atomic mass is 10.1. The van der Waals surface area contributed by atoms with E-state index < -0.39 is 39.6 Å². The lowest BCUT2D eigenvalue weighted by Gasteiger charge is -2.22. The number of fused-ring (bicyclic) bond motifs is 1. The quantitative estimate of drug-likeness (QED) is 0.317. The third-order valence-corrected chi connectivity index (χ3v) is 7.21. The molecule has 0 aliphatic heterocycles. The van der Waals surface area contributed by atoms with Crippen molar-refractivity contribution in [2.24, 2.45) is 0 Å². The van der Waals surface area contributed by atoms with Gasteiger partial charge in [-0.05, 0) is 24.3 Å². The number of sulfone groups is 1. The summed E-state index contributed by atoms with van der Waals surface area (Å²) in [4.78, 5) is 20.0. The predicted molar refractivity (Wildman–Crippen MR) is 120 cm³/mol. The van der Waals surface area contributed by atoms with Gasteiger partial charge in [0.15, 0.2) is 15.0 Å². The maximum absolute atomic E-state index is 14.4. The van der Waals surface area contributed by atoms with Crippen LogP contribution in [-0.2, 0) is 9.84 Å². The molecule has 1 unspecified atom stereocenters. The largest absolute Gasteiger partial charge is 0.356 e. The lowest BCUT2D eigenvalue weighted by molar-refractivity contribution is -0.191. The fraction of sp³-hybridized carbons (Fsp3) is 0.238. The highest BCUT2D eigenvalue weighted by Gasteiger charge is 2.51. The predicted octanol–water partition coefficient (Wildman–Crippen LogP) is 4.46. The van der Waals surface area contributed by atoms with E-state index in [0.717, 1.165) is 18.3 Å². The average molecular weight is 548 g/mol. The Hall–Kier alpha value is -3.39. The van der Waals surface area contributed by atoms with Crippen molar-refractivity contribution < 1.29 is 30.4 Å². The van der Waals surface area contributed by atoms with E-state index in [1.54, 1.807) is 0 Å². The summed E-state index contributed by atoms with van der Waals surface area (Å²) in [6.07, 6.45) is -4.45. The van der Waals surface area contributed by atoms with E-state index in [9.17, 15) is 35.2 Å². The first kappa shape index (κ1) is 25.7. The zero-order valence-electron chi connectivity index (χ0n) is 18.1. The molecule has 190 valence electrons. The van der Waals surface area contributed by atoms with Crippen molar-refractivity contribution in [3.05, 3.63) is 64.4 Å². The Kier molecular flexibility index (Phi) is 6.60. The van der Waals surface area contributed by atoms with Gasteiger partial charge in [0.05, 0.1) is 39.9 Å². The van der Waals surface area contributed by atoms with Crippen molar-refractivity contribution >= 4 is 32.3 Å². The second-order valence-corrected chi connectivity index (χ2v) is 10.1. The summed E-state index contributed by atoms with van der Waals surface area (Å²) in [6, 6.07) is 5.81. The van der Waals surface area contributed by atoms with Crippen LogP contribution in [0.15, 0.2) is 58.6 Å². The van der Waals surface area contributed by atoms with E-state index in [1.807, 2.05) is 0 Å². The van der Waals surface area contributed by atoms with Crippen molar-refractivity contribution in [2.75, 3.05) is 5.75 Å². The van der Waals surface area contributed by atoms with Gasteiger partial charge in [-0.2, -0.15) is 13.9 Å². The van der Waals surface area contributed by atoms with Crippen LogP contribution in [0, 0.1) is 0 Å². The van der Waals surface area contributed by atoms with Gasteiger partial charge in [0.2, 0.25) is 6.30 Å². The summed E-state index contributed by atoms with van der Waals surface area (Å²) >= 11 is 5.82. The minimum atomic E-state index is -5.15.